The number of esters is 1. The molecule has 4 rings (SSSR count). The summed E-state index contributed by atoms with van der Waals surface area (Å²) in [5, 5.41) is 3.37. The van der Waals surface area contributed by atoms with Crippen LogP contribution in [0.2, 0.25) is 0 Å². The second kappa shape index (κ2) is 8.46. The molecule has 1 aliphatic heterocycles. The van der Waals surface area contributed by atoms with Crippen LogP contribution in [0.4, 0.5) is 0 Å². The van der Waals surface area contributed by atoms with Crippen LogP contribution in [0.5, 0.6) is 0 Å². The van der Waals surface area contributed by atoms with Gasteiger partial charge in [-0.3, -0.25) is 4.79 Å². The molecule has 0 saturated heterocycles. The van der Waals surface area contributed by atoms with E-state index in [0.717, 1.165) is 33.4 Å². The molecule has 1 heterocycles. The molecule has 1 N–H and O–H groups in total. The van der Waals surface area contributed by atoms with Crippen LogP contribution < -0.4 is 5.32 Å². The van der Waals surface area contributed by atoms with E-state index in [4.69, 9.17) is 4.74 Å². The van der Waals surface area contributed by atoms with Crippen molar-refractivity contribution in [1.29, 1.82) is 0 Å². The van der Waals surface area contributed by atoms with Crippen molar-refractivity contribution in [3.63, 3.8) is 0 Å². The molecule has 2 aromatic carbocycles. The first-order chi connectivity index (χ1) is 14.7. The van der Waals surface area contributed by atoms with E-state index >= 15 is 0 Å². The SMILES string of the molecule is CC1=C(C(=O)OCc2ccccc2)[C@@H](c2ccc(Br)cc2)C2=C(CC(C)(C)CC2=O)N1. The van der Waals surface area contributed by atoms with Crippen LogP contribution >= 0.6 is 15.9 Å². The molecule has 0 amide bonds. The maximum Gasteiger partial charge on any atom is 0.337 e. The van der Waals surface area contributed by atoms with Crippen LogP contribution in [0.15, 0.2) is 81.6 Å². The molecule has 0 radical (unpaired) electrons. The van der Waals surface area contributed by atoms with Gasteiger partial charge >= 0.3 is 5.97 Å². The Morgan fingerprint density at radius 2 is 1.77 bits per heavy atom. The number of ketones is 1. The summed E-state index contributed by atoms with van der Waals surface area (Å²) in [6.07, 6.45) is 1.23. The van der Waals surface area contributed by atoms with Gasteiger partial charge in [0.25, 0.3) is 0 Å². The first-order valence-corrected chi connectivity index (χ1v) is 11.2. The van der Waals surface area contributed by atoms with Gasteiger partial charge in [0, 0.05) is 33.8 Å². The van der Waals surface area contributed by atoms with E-state index in [1.54, 1.807) is 0 Å². The first-order valence-electron chi connectivity index (χ1n) is 10.5. The van der Waals surface area contributed by atoms with E-state index in [0.29, 0.717) is 17.6 Å². The molecule has 160 valence electrons. The molecule has 0 fully saturated rings. The third-order valence-electron chi connectivity index (χ3n) is 5.88. The third-order valence-corrected chi connectivity index (χ3v) is 6.40. The highest BCUT2D eigenvalue weighted by molar-refractivity contribution is 9.10. The quantitative estimate of drug-likeness (QED) is 0.563. The molecule has 0 bridgehead atoms. The predicted octanol–water partition coefficient (Wildman–Crippen LogP) is 5.80. The third kappa shape index (κ3) is 4.52. The molecule has 5 heteroatoms. The summed E-state index contributed by atoms with van der Waals surface area (Å²) >= 11 is 3.48. The Balaban J connectivity index is 1.73. The van der Waals surface area contributed by atoms with Gasteiger partial charge in [0.05, 0.1) is 5.57 Å². The van der Waals surface area contributed by atoms with E-state index in [9.17, 15) is 9.59 Å². The molecule has 1 aliphatic carbocycles. The van der Waals surface area contributed by atoms with E-state index in [1.165, 1.54) is 0 Å². The average molecular weight is 480 g/mol. The largest absolute Gasteiger partial charge is 0.457 e. The standard InChI is InChI=1S/C26H26BrNO3/c1-16-22(25(30)31-15-17-7-5-4-6-8-17)23(18-9-11-19(27)12-10-18)24-20(28-16)13-26(2,3)14-21(24)29/h4-12,23,28H,13-15H2,1-3H3/t23-/m1/s1. The number of carbonyl (C=O) groups excluding carboxylic acids is 2. The Labute approximate surface area is 191 Å². The molecule has 0 spiro atoms. The summed E-state index contributed by atoms with van der Waals surface area (Å²) in [7, 11) is 0. The van der Waals surface area contributed by atoms with Crippen molar-refractivity contribution < 1.29 is 14.3 Å². The van der Waals surface area contributed by atoms with Crippen molar-refractivity contribution in [2.45, 2.75) is 46.1 Å². The number of allylic oxidation sites excluding steroid dienone is 3. The second-order valence-corrected chi connectivity index (χ2v) is 9.96. The summed E-state index contributed by atoms with van der Waals surface area (Å²) in [6.45, 7) is 6.29. The van der Waals surface area contributed by atoms with Crippen molar-refractivity contribution in [2.75, 3.05) is 0 Å². The van der Waals surface area contributed by atoms with Crippen LogP contribution in [0.1, 0.15) is 50.7 Å². The second-order valence-electron chi connectivity index (χ2n) is 9.04. The van der Waals surface area contributed by atoms with Gasteiger partial charge < -0.3 is 10.1 Å². The molecule has 1 atom stereocenters. The van der Waals surface area contributed by atoms with Crippen molar-refractivity contribution in [2.24, 2.45) is 5.41 Å². The van der Waals surface area contributed by atoms with E-state index in [-0.39, 0.29) is 17.8 Å². The highest BCUT2D eigenvalue weighted by Gasteiger charge is 2.43. The monoisotopic (exact) mass is 479 g/mol. The van der Waals surface area contributed by atoms with Gasteiger partial charge in [-0.05, 0) is 42.0 Å². The molecular weight excluding hydrogens is 454 g/mol. The highest BCUT2D eigenvalue weighted by Crippen LogP contribution is 2.46. The number of halogens is 1. The van der Waals surface area contributed by atoms with Crippen molar-refractivity contribution >= 4 is 27.7 Å². The topological polar surface area (TPSA) is 55.4 Å². The predicted molar refractivity (Wildman–Crippen MR) is 124 cm³/mol. The van der Waals surface area contributed by atoms with Crippen molar-refractivity contribution in [3.05, 3.63) is 92.7 Å². The van der Waals surface area contributed by atoms with Gasteiger partial charge in [-0.25, -0.2) is 4.79 Å². The Kier molecular flexibility index (Phi) is 5.89. The van der Waals surface area contributed by atoms with E-state index in [1.807, 2.05) is 61.5 Å². The van der Waals surface area contributed by atoms with E-state index in [2.05, 4.69) is 35.1 Å². The zero-order valence-electron chi connectivity index (χ0n) is 18.0. The van der Waals surface area contributed by atoms with Gasteiger partial charge in [-0.1, -0.05) is 72.2 Å². The molecule has 0 aromatic heterocycles. The van der Waals surface area contributed by atoms with Crippen LogP contribution in [0.25, 0.3) is 0 Å². The van der Waals surface area contributed by atoms with Crippen LogP contribution in [-0.2, 0) is 20.9 Å². The molecule has 2 aromatic rings. The van der Waals surface area contributed by atoms with Gasteiger partial charge in [-0.15, -0.1) is 0 Å². The molecule has 0 unspecified atom stereocenters. The fourth-order valence-corrected chi connectivity index (χ4v) is 4.76. The summed E-state index contributed by atoms with van der Waals surface area (Å²) in [4.78, 5) is 26.5. The zero-order valence-corrected chi connectivity index (χ0v) is 19.6. The number of ether oxygens (including phenoxy) is 1. The number of rotatable bonds is 4. The van der Waals surface area contributed by atoms with Crippen molar-refractivity contribution in [1.82, 2.24) is 5.32 Å². The summed E-state index contributed by atoms with van der Waals surface area (Å²) < 4.78 is 6.64. The molecule has 31 heavy (non-hydrogen) atoms. The Morgan fingerprint density at radius 1 is 1.10 bits per heavy atom. The zero-order chi connectivity index (χ0) is 22.2. The van der Waals surface area contributed by atoms with Crippen molar-refractivity contribution in [3.8, 4) is 0 Å². The molecule has 0 saturated carbocycles. The van der Waals surface area contributed by atoms with Crippen LogP contribution in [-0.4, -0.2) is 11.8 Å². The number of Topliss-reactive ketones (excluding diaryl/α,β-unsaturated/α-hetero) is 1. The number of nitrogens with one attached hydrogen (secondary N) is 1. The van der Waals surface area contributed by atoms with Crippen LogP contribution in [0.3, 0.4) is 0 Å². The summed E-state index contributed by atoms with van der Waals surface area (Å²) in [5.41, 5.74) is 4.59. The minimum atomic E-state index is -0.434. The minimum absolute atomic E-state index is 0.0903. The summed E-state index contributed by atoms with van der Waals surface area (Å²) in [6, 6.07) is 17.4. The lowest BCUT2D eigenvalue weighted by atomic mass is 9.68. The number of benzene rings is 2. The van der Waals surface area contributed by atoms with Gasteiger partial charge in [0.1, 0.15) is 6.61 Å². The fraction of sp³-hybridized carbons (Fsp3) is 0.308. The number of hydrogen-bond donors (Lipinski definition) is 1. The molecule has 2 aliphatic rings. The van der Waals surface area contributed by atoms with Gasteiger partial charge in [0.2, 0.25) is 0 Å². The van der Waals surface area contributed by atoms with E-state index < -0.39 is 11.9 Å². The normalized spacial score (nSPS) is 20.3. The fourth-order valence-electron chi connectivity index (χ4n) is 4.50. The maximum atomic E-state index is 13.3. The lowest BCUT2D eigenvalue weighted by Crippen LogP contribution is -2.38. The van der Waals surface area contributed by atoms with Gasteiger partial charge in [0.15, 0.2) is 5.78 Å². The number of dihydropyridines is 1. The summed E-state index contributed by atoms with van der Waals surface area (Å²) in [5.74, 6) is -0.741. The lowest BCUT2D eigenvalue weighted by Gasteiger charge is -2.39. The van der Waals surface area contributed by atoms with Gasteiger partial charge in [-0.2, -0.15) is 0 Å². The molecular formula is C26H26BrNO3. The Morgan fingerprint density at radius 3 is 2.45 bits per heavy atom. The maximum absolute atomic E-state index is 13.3. The van der Waals surface area contributed by atoms with Crippen LogP contribution in [0, 0.1) is 5.41 Å². The molecule has 4 nitrogen and oxygen atoms in total. The smallest absolute Gasteiger partial charge is 0.337 e. The highest BCUT2D eigenvalue weighted by atomic mass is 79.9. The number of carbonyl (C=O) groups is 2. The number of hydrogen-bond acceptors (Lipinski definition) is 4. The Bertz CT molecular complexity index is 1080. The minimum Gasteiger partial charge on any atom is -0.457 e. The first kappa shape index (κ1) is 21.6. The Hall–Kier alpha value is -2.66. The lowest BCUT2D eigenvalue weighted by molar-refractivity contribution is -0.140. The average Bonchev–Trinajstić information content (AvgIpc) is 2.71.